The van der Waals surface area contributed by atoms with Crippen LogP contribution in [0.15, 0.2) is 18.2 Å². The summed E-state index contributed by atoms with van der Waals surface area (Å²) in [6, 6.07) is 4.89. The normalized spacial score (nSPS) is 12.8. The summed E-state index contributed by atoms with van der Waals surface area (Å²) in [5.41, 5.74) is 6.67. The summed E-state index contributed by atoms with van der Waals surface area (Å²) in [6.45, 7) is 7.34. The maximum absolute atomic E-state index is 11.8. The van der Waals surface area contributed by atoms with Gasteiger partial charge in [0, 0.05) is 11.7 Å². The molecule has 0 radical (unpaired) electrons. The van der Waals surface area contributed by atoms with E-state index in [9.17, 15) is 9.90 Å². The van der Waals surface area contributed by atoms with Crippen molar-refractivity contribution >= 4 is 11.8 Å². The number of carbonyl (C=O) groups excluding carboxylic acids is 1. The van der Waals surface area contributed by atoms with Gasteiger partial charge in [0.15, 0.2) is 0 Å². The molecular formula is C15H24N2O3. The van der Waals surface area contributed by atoms with Crippen LogP contribution in [0.1, 0.15) is 39.7 Å². The van der Waals surface area contributed by atoms with Crippen molar-refractivity contribution in [2.45, 2.75) is 52.2 Å². The van der Waals surface area contributed by atoms with Gasteiger partial charge in [-0.25, -0.2) is 4.79 Å². The number of phenols is 1. The highest BCUT2D eigenvalue weighted by Crippen LogP contribution is 2.23. The third-order valence-corrected chi connectivity index (χ3v) is 2.59. The Balaban J connectivity index is 2.80. The topological polar surface area (TPSA) is 84.6 Å². The van der Waals surface area contributed by atoms with Gasteiger partial charge in [-0.1, -0.05) is 0 Å². The van der Waals surface area contributed by atoms with E-state index >= 15 is 0 Å². The SMILES string of the molecule is C[C@@H](N)CCc1cc(O)ccc1NC(=O)OC(C)(C)C. The molecular weight excluding hydrogens is 256 g/mol. The molecule has 0 aliphatic carbocycles. The van der Waals surface area contributed by atoms with Gasteiger partial charge in [-0.05, 0) is 64.3 Å². The molecule has 0 aromatic heterocycles. The van der Waals surface area contributed by atoms with Gasteiger partial charge in [-0.15, -0.1) is 0 Å². The number of amides is 1. The minimum atomic E-state index is -0.549. The number of nitrogens with two attached hydrogens (primary N) is 1. The average molecular weight is 280 g/mol. The predicted octanol–water partition coefficient (Wildman–Crippen LogP) is 3.02. The fourth-order valence-corrected chi connectivity index (χ4v) is 1.71. The largest absolute Gasteiger partial charge is 0.508 e. The summed E-state index contributed by atoms with van der Waals surface area (Å²) in [5, 5.41) is 12.3. The summed E-state index contributed by atoms with van der Waals surface area (Å²) in [5.74, 6) is 0.166. The van der Waals surface area contributed by atoms with Gasteiger partial charge in [0.1, 0.15) is 11.4 Å². The van der Waals surface area contributed by atoms with E-state index < -0.39 is 11.7 Å². The Morgan fingerprint density at radius 2 is 2.10 bits per heavy atom. The van der Waals surface area contributed by atoms with Crippen molar-refractivity contribution in [2.75, 3.05) is 5.32 Å². The molecule has 1 rings (SSSR count). The second kappa shape index (κ2) is 6.61. The van der Waals surface area contributed by atoms with E-state index in [0.717, 1.165) is 12.0 Å². The molecule has 0 spiro atoms. The lowest BCUT2D eigenvalue weighted by Gasteiger charge is -2.20. The lowest BCUT2D eigenvalue weighted by atomic mass is 10.0. The summed E-state index contributed by atoms with van der Waals surface area (Å²) >= 11 is 0. The molecule has 0 bridgehead atoms. The first-order chi connectivity index (χ1) is 9.17. The number of aryl methyl sites for hydroxylation is 1. The van der Waals surface area contributed by atoms with Gasteiger partial charge in [0.05, 0.1) is 0 Å². The molecule has 20 heavy (non-hydrogen) atoms. The highest BCUT2D eigenvalue weighted by atomic mass is 16.6. The Hall–Kier alpha value is -1.75. The Morgan fingerprint density at radius 1 is 1.45 bits per heavy atom. The van der Waals surface area contributed by atoms with Crippen LogP contribution in [0.4, 0.5) is 10.5 Å². The van der Waals surface area contributed by atoms with Crippen molar-refractivity contribution in [3.8, 4) is 5.75 Å². The zero-order chi connectivity index (χ0) is 15.3. The van der Waals surface area contributed by atoms with Crippen molar-refractivity contribution in [2.24, 2.45) is 5.73 Å². The fraction of sp³-hybridized carbons (Fsp3) is 0.533. The number of hydrogen-bond acceptors (Lipinski definition) is 4. The van der Waals surface area contributed by atoms with Crippen molar-refractivity contribution in [3.05, 3.63) is 23.8 Å². The van der Waals surface area contributed by atoms with Crippen LogP contribution >= 0.6 is 0 Å². The van der Waals surface area contributed by atoms with Crippen molar-refractivity contribution < 1.29 is 14.6 Å². The Labute approximate surface area is 120 Å². The molecule has 0 aliphatic rings. The lowest BCUT2D eigenvalue weighted by molar-refractivity contribution is 0.0635. The van der Waals surface area contributed by atoms with E-state index in [2.05, 4.69) is 5.32 Å². The lowest BCUT2D eigenvalue weighted by Crippen LogP contribution is -2.27. The van der Waals surface area contributed by atoms with Crippen LogP contribution in [0, 0.1) is 0 Å². The van der Waals surface area contributed by atoms with Crippen LogP contribution in [0.25, 0.3) is 0 Å². The average Bonchev–Trinajstić information content (AvgIpc) is 2.26. The number of aromatic hydroxyl groups is 1. The van der Waals surface area contributed by atoms with Gasteiger partial charge in [0.25, 0.3) is 0 Å². The highest BCUT2D eigenvalue weighted by molar-refractivity contribution is 5.86. The first-order valence-corrected chi connectivity index (χ1v) is 6.75. The number of carbonyl (C=O) groups is 1. The Bertz CT molecular complexity index is 465. The molecule has 0 heterocycles. The summed E-state index contributed by atoms with van der Waals surface area (Å²) in [4.78, 5) is 11.8. The Kier molecular flexibility index (Phi) is 5.39. The maximum atomic E-state index is 11.8. The number of rotatable bonds is 4. The van der Waals surface area contributed by atoms with Gasteiger partial charge >= 0.3 is 6.09 Å². The summed E-state index contributed by atoms with van der Waals surface area (Å²) < 4.78 is 5.22. The number of hydrogen-bond donors (Lipinski definition) is 3. The molecule has 0 saturated heterocycles. The molecule has 0 fully saturated rings. The standard InChI is InChI=1S/C15H24N2O3/c1-10(16)5-6-11-9-12(18)7-8-13(11)17-14(19)20-15(2,3)4/h7-10,18H,5-6,16H2,1-4H3,(H,17,19)/t10-/m1/s1. The van der Waals surface area contributed by atoms with Crippen LogP contribution < -0.4 is 11.1 Å². The molecule has 112 valence electrons. The summed E-state index contributed by atoms with van der Waals surface area (Å²) in [7, 11) is 0. The van der Waals surface area contributed by atoms with Crippen molar-refractivity contribution in [1.82, 2.24) is 0 Å². The monoisotopic (exact) mass is 280 g/mol. The van der Waals surface area contributed by atoms with Gasteiger partial charge in [-0.3, -0.25) is 5.32 Å². The molecule has 5 nitrogen and oxygen atoms in total. The van der Waals surface area contributed by atoms with Crippen LogP contribution in [-0.2, 0) is 11.2 Å². The van der Waals surface area contributed by atoms with E-state index in [1.165, 1.54) is 6.07 Å². The zero-order valence-corrected chi connectivity index (χ0v) is 12.6. The van der Waals surface area contributed by atoms with Crippen LogP contribution in [0.3, 0.4) is 0 Å². The maximum Gasteiger partial charge on any atom is 0.412 e. The molecule has 1 atom stereocenters. The summed E-state index contributed by atoms with van der Waals surface area (Å²) in [6.07, 6.45) is 0.939. The Morgan fingerprint density at radius 3 is 2.65 bits per heavy atom. The molecule has 1 aromatic carbocycles. The molecule has 1 aromatic rings. The molecule has 0 saturated carbocycles. The zero-order valence-electron chi connectivity index (χ0n) is 12.6. The number of benzene rings is 1. The molecule has 5 heteroatoms. The first-order valence-electron chi connectivity index (χ1n) is 6.75. The van der Waals surface area contributed by atoms with E-state index in [1.807, 2.05) is 6.92 Å². The third-order valence-electron chi connectivity index (χ3n) is 2.59. The first kappa shape index (κ1) is 16.3. The number of ether oxygens (including phenoxy) is 1. The second-order valence-corrected chi connectivity index (χ2v) is 5.98. The second-order valence-electron chi connectivity index (χ2n) is 5.98. The molecule has 0 aliphatic heterocycles. The van der Waals surface area contributed by atoms with Gasteiger partial charge in [0.2, 0.25) is 0 Å². The minimum Gasteiger partial charge on any atom is -0.508 e. The molecule has 4 N–H and O–H groups in total. The van der Waals surface area contributed by atoms with Gasteiger partial charge in [-0.2, -0.15) is 0 Å². The smallest absolute Gasteiger partial charge is 0.412 e. The predicted molar refractivity (Wildman–Crippen MR) is 79.9 cm³/mol. The minimum absolute atomic E-state index is 0.0618. The molecule has 0 unspecified atom stereocenters. The number of phenolic OH excluding ortho intramolecular Hbond substituents is 1. The highest BCUT2D eigenvalue weighted by Gasteiger charge is 2.17. The number of nitrogens with one attached hydrogen (secondary N) is 1. The van der Waals surface area contributed by atoms with Crippen LogP contribution in [-0.4, -0.2) is 22.8 Å². The van der Waals surface area contributed by atoms with Crippen molar-refractivity contribution in [3.63, 3.8) is 0 Å². The quantitative estimate of drug-likeness (QED) is 0.740. The van der Waals surface area contributed by atoms with E-state index in [0.29, 0.717) is 12.1 Å². The van der Waals surface area contributed by atoms with Crippen molar-refractivity contribution in [1.29, 1.82) is 0 Å². The van der Waals surface area contributed by atoms with E-state index in [4.69, 9.17) is 10.5 Å². The van der Waals surface area contributed by atoms with E-state index in [1.54, 1.807) is 32.9 Å². The van der Waals surface area contributed by atoms with Gasteiger partial charge < -0.3 is 15.6 Å². The number of anilines is 1. The molecule has 1 amide bonds. The van der Waals surface area contributed by atoms with Crippen LogP contribution in [0.5, 0.6) is 5.75 Å². The fourth-order valence-electron chi connectivity index (χ4n) is 1.71. The third kappa shape index (κ3) is 5.93. The van der Waals surface area contributed by atoms with Crippen LogP contribution in [0.2, 0.25) is 0 Å². The van der Waals surface area contributed by atoms with E-state index in [-0.39, 0.29) is 11.8 Å².